The van der Waals surface area contributed by atoms with Gasteiger partial charge in [0.2, 0.25) is 0 Å². The van der Waals surface area contributed by atoms with Gasteiger partial charge in [0.25, 0.3) is 0 Å². The number of aromatic nitrogens is 4. The second-order valence-electron chi connectivity index (χ2n) is 7.67. The van der Waals surface area contributed by atoms with Crippen LogP contribution in [0.2, 0.25) is 0 Å². The van der Waals surface area contributed by atoms with Gasteiger partial charge in [-0.3, -0.25) is 0 Å². The minimum absolute atomic E-state index is 0.161. The van der Waals surface area contributed by atoms with Gasteiger partial charge in [0.15, 0.2) is 0 Å². The number of fused-ring (bicyclic) bond motifs is 2. The number of nitrogens with zero attached hydrogens (tertiary/aromatic N) is 3. The van der Waals surface area contributed by atoms with Crippen LogP contribution in [-0.4, -0.2) is 43.5 Å². The van der Waals surface area contributed by atoms with Crippen molar-refractivity contribution in [3.05, 3.63) is 60.2 Å². The second kappa shape index (κ2) is 12.8. The molecule has 0 aliphatic carbocycles. The Morgan fingerprint density at radius 3 is 2.26 bits per heavy atom. The number of carbonyl (C=O) groups excluding carboxylic acids is 1. The van der Waals surface area contributed by atoms with Crippen molar-refractivity contribution < 1.29 is 19.3 Å². The molecule has 11 heteroatoms. The Bertz CT molecular complexity index is 1290. The summed E-state index contributed by atoms with van der Waals surface area (Å²) in [5.41, 5.74) is 2.92. The fourth-order valence-corrected chi connectivity index (χ4v) is 3.08. The Kier molecular flexibility index (Phi) is 10.1. The van der Waals surface area contributed by atoms with E-state index in [9.17, 15) is 4.79 Å². The summed E-state index contributed by atoms with van der Waals surface area (Å²) in [6.45, 7) is 5.47. The maximum absolute atomic E-state index is 12.2. The number of benzene rings is 2. The van der Waals surface area contributed by atoms with Gasteiger partial charge in [-0.25, -0.2) is 19.3 Å². The number of rotatable bonds is 2. The molecule has 2 heterocycles. The summed E-state index contributed by atoms with van der Waals surface area (Å²) in [6.07, 6.45) is 0.947. The molecule has 4 rings (SSSR count). The van der Waals surface area contributed by atoms with Gasteiger partial charge < -0.3 is 9.72 Å². The van der Waals surface area contributed by atoms with E-state index in [0.717, 1.165) is 22.4 Å². The van der Waals surface area contributed by atoms with Gasteiger partial charge in [-0.05, 0) is 45.0 Å². The summed E-state index contributed by atoms with van der Waals surface area (Å²) in [6, 6.07) is 15.3. The third kappa shape index (κ3) is 7.61. The van der Waals surface area contributed by atoms with Gasteiger partial charge >= 0.3 is 35.0 Å². The average Bonchev–Trinajstić information content (AvgIpc) is 3.40. The van der Waals surface area contributed by atoms with E-state index in [-0.39, 0.29) is 5.88 Å². The number of aromatic amines is 1. The van der Waals surface area contributed by atoms with Crippen molar-refractivity contribution in [1.29, 1.82) is 0 Å². The number of nitrogens with one attached hydrogen (secondary N) is 1. The number of aliphatic hydroxyl groups excluding tert-OH is 1. The fourth-order valence-electron chi connectivity index (χ4n) is 2.77. The van der Waals surface area contributed by atoms with Gasteiger partial charge in [-0.2, -0.15) is 0 Å². The van der Waals surface area contributed by atoms with Crippen molar-refractivity contribution in [3.63, 3.8) is 0 Å². The summed E-state index contributed by atoms with van der Waals surface area (Å²) in [5.74, 6) is 3.66. The third-order valence-electron chi connectivity index (χ3n) is 4.01. The molecule has 2 aromatic carbocycles. The van der Waals surface area contributed by atoms with Crippen LogP contribution in [0.4, 0.5) is 4.79 Å². The van der Waals surface area contributed by atoms with E-state index in [1.807, 2.05) is 69.3 Å². The number of H-pyrrole nitrogens is 1. The number of aliphatic hydroxyl groups is 1. The number of carbonyl (C=O) groups is 1. The molecule has 0 unspecified atom stereocenters. The Balaban J connectivity index is 0.000000216. The molecule has 0 radical (unpaired) electrons. The molecule has 0 saturated carbocycles. The molecule has 0 fully saturated rings. The molecule has 0 spiro atoms. The number of hydrogen-bond donors (Lipinski definition) is 2. The van der Waals surface area contributed by atoms with Gasteiger partial charge in [-0.1, -0.05) is 24.3 Å². The monoisotopic (exact) mass is 500 g/mol. The van der Waals surface area contributed by atoms with Crippen molar-refractivity contribution in [3.8, 4) is 11.9 Å². The number of ether oxygens (including phenoxy) is 1. The van der Waals surface area contributed by atoms with E-state index < -0.39 is 11.7 Å². The summed E-state index contributed by atoms with van der Waals surface area (Å²) in [7, 11) is 0.319. The normalized spacial score (nSPS) is 10.1. The first kappa shape index (κ1) is 26.9. The molecular formula is C23H23BCl2N4O4. The van der Waals surface area contributed by atoms with Gasteiger partial charge in [0.1, 0.15) is 17.2 Å². The van der Waals surface area contributed by atoms with Crippen molar-refractivity contribution in [2.75, 3.05) is 0 Å². The number of halogens is 2. The van der Waals surface area contributed by atoms with Crippen LogP contribution in [-0.2, 0) is 21.2 Å². The van der Waals surface area contributed by atoms with Crippen LogP contribution >= 0.6 is 23.2 Å². The van der Waals surface area contributed by atoms with Crippen LogP contribution in [0.1, 0.15) is 32.4 Å². The SMILES string of the molecule is CC(C)(C)OC(=O)n1c(CCl)nc2ccccc21.ClCc1nc2ccccc2[nH]1.O=BC#CO. The molecule has 4 aromatic rings. The van der Waals surface area contributed by atoms with Gasteiger partial charge in [0.05, 0.1) is 33.8 Å². The van der Waals surface area contributed by atoms with E-state index in [0.29, 0.717) is 24.4 Å². The third-order valence-corrected chi connectivity index (χ3v) is 4.51. The quantitative estimate of drug-likeness (QED) is 0.222. The number of para-hydroxylation sites is 4. The standard InChI is InChI=1S/C13H15ClN2O2.C8H7ClN2.C2HBO2/c1-13(2,3)18-12(17)16-10-7-5-4-6-9(10)15-11(16)8-14;9-5-8-10-6-3-1-2-4-7(6)11-8;4-2-1-3-5/h4-7H,8H2,1-3H3;1-4H,5H2,(H,10,11);4H. The van der Waals surface area contributed by atoms with Gasteiger partial charge in [0, 0.05) is 0 Å². The molecule has 2 N–H and O–H groups in total. The van der Waals surface area contributed by atoms with Crippen molar-refractivity contribution >= 4 is 58.5 Å². The molecule has 8 nitrogen and oxygen atoms in total. The molecule has 0 saturated heterocycles. The number of alkyl halides is 2. The summed E-state index contributed by atoms with van der Waals surface area (Å²) in [5, 5.41) is 7.47. The van der Waals surface area contributed by atoms with E-state index in [1.54, 1.807) is 5.82 Å². The fraction of sp³-hybridized carbons (Fsp3) is 0.261. The summed E-state index contributed by atoms with van der Waals surface area (Å²) in [4.78, 5) is 23.8. The van der Waals surface area contributed by atoms with E-state index in [4.69, 9.17) is 37.7 Å². The van der Waals surface area contributed by atoms with Crippen molar-refractivity contribution in [2.45, 2.75) is 38.1 Å². The first-order valence-corrected chi connectivity index (χ1v) is 11.1. The van der Waals surface area contributed by atoms with Crippen molar-refractivity contribution in [1.82, 2.24) is 19.5 Å². The van der Waals surface area contributed by atoms with Gasteiger partial charge in [-0.15, -0.1) is 23.2 Å². The summed E-state index contributed by atoms with van der Waals surface area (Å²) < 4.78 is 15.9. The first-order chi connectivity index (χ1) is 16.2. The summed E-state index contributed by atoms with van der Waals surface area (Å²) >= 11 is 11.4. The predicted octanol–water partition coefficient (Wildman–Crippen LogP) is 5.19. The molecule has 0 aliphatic heterocycles. The van der Waals surface area contributed by atoms with Crippen LogP contribution in [0.3, 0.4) is 0 Å². The van der Waals surface area contributed by atoms with E-state index >= 15 is 0 Å². The second-order valence-corrected chi connectivity index (χ2v) is 8.21. The van der Waals surface area contributed by atoms with Crippen LogP contribution in [0, 0.1) is 11.9 Å². The molecule has 34 heavy (non-hydrogen) atoms. The zero-order valence-corrected chi connectivity index (χ0v) is 20.4. The number of imidazole rings is 2. The Morgan fingerprint density at radius 2 is 1.74 bits per heavy atom. The predicted molar refractivity (Wildman–Crippen MR) is 133 cm³/mol. The Labute approximate surface area is 207 Å². The molecular weight excluding hydrogens is 478 g/mol. The molecule has 0 aliphatic rings. The average molecular weight is 501 g/mol. The first-order valence-electron chi connectivity index (χ1n) is 10.1. The van der Waals surface area contributed by atoms with E-state index in [1.165, 1.54) is 10.7 Å². The van der Waals surface area contributed by atoms with Crippen LogP contribution in [0.5, 0.6) is 0 Å². The van der Waals surface area contributed by atoms with Crippen LogP contribution < -0.4 is 0 Å². The molecule has 176 valence electrons. The zero-order valence-electron chi connectivity index (χ0n) is 18.9. The molecule has 0 bridgehead atoms. The molecule has 0 atom stereocenters. The Hall–Kier alpha value is -3.35. The molecule has 0 amide bonds. The molecule has 2 aromatic heterocycles. The topological polar surface area (TPSA) is 110 Å². The van der Waals surface area contributed by atoms with Crippen molar-refractivity contribution in [2.24, 2.45) is 0 Å². The van der Waals surface area contributed by atoms with E-state index in [2.05, 4.69) is 15.0 Å². The van der Waals surface area contributed by atoms with Crippen LogP contribution in [0.15, 0.2) is 48.5 Å². The Morgan fingerprint density at radius 1 is 1.09 bits per heavy atom. The minimum atomic E-state index is -0.550. The van der Waals surface area contributed by atoms with Crippen LogP contribution in [0.25, 0.3) is 22.1 Å². The maximum atomic E-state index is 12.2. The zero-order chi connectivity index (χ0) is 25.1. The number of hydrogen-bond acceptors (Lipinski definition) is 6.